The highest BCUT2D eigenvalue weighted by molar-refractivity contribution is 5.32. The molecule has 1 heterocycles. The van der Waals surface area contributed by atoms with Gasteiger partial charge in [-0.15, -0.1) is 0 Å². The van der Waals surface area contributed by atoms with Gasteiger partial charge in [0.2, 0.25) is 0 Å². The zero-order chi connectivity index (χ0) is 17.6. The van der Waals surface area contributed by atoms with Crippen LogP contribution in [0.1, 0.15) is 16.7 Å². The van der Waals surface area contributed by atoms with Gasteiger partial charge >= 0.3 is 0 Å². The molecular weight excluding hydrogens is 317 g/mol. The van der Waals surface area contributed by atoms with Crippen LogP contribution in [0.15, 0.2) is 42.5 Å². The molecule has 0 unspecified atom stereocenters. The highest BCUT2D eigenvalue weighted by Crippen LogP contribution is 2.19. The Morgan fingerprint density at radius 3 is 2.20 bits per heavy atom. The Kier molecular flexibility index (Phi) is 5.64. The molecule has 0 N–H and O–H groups in total. The molecule has 1 aliphatic heterocycles. The molecule has 5 heteroatoms. The van der Waals surface area contributed by atoms with E-state index in [-0.39, 0.29) is 11.6 Å². The number of hydrogen-bond donors (Lipinski definition) is 0. The van der Waals surface area contributed by atoms with Crippen LogP contribution in [-0.2, 0) is 13.1 Å². The first-order valence-electron chi connectivity index (χ1n) is 8.44. The van der Waals surface area contributed by atoms with Crippen LogP contribution in [-0.4, -0.2) is 43.1 Å². The Balaban J connectivity index is 1.51. The van der Waals surface area contributed by atoms with Crippen molar-refractivity contribution in [2.45, 2.75) is 13.1 Å². The summed E-state index contributed by atoms with van der Waals surface area (Å²) < 4.78 is 18.8. The lowest BCUT2D eigenvalue weighted by molar-refractivity contribution is 0.122. The molecule has 2 aromatic rings. The summed E-state index contributed by atoms with van der Waals surface area (Å²) in [5, 5.41) is 8.99. The van der Waals surface area contributed by atoms with Crippen molar-refractivity contribution in [2.24, 2.45) is 0 Å². The van der Waals surface area contributed by atoms with Crippen LogP contribution >= 0.6 is 0 Å². The highest BCUT2D eigenvalue weighted by atomic mass is 19.1. The quantitative estimate of drug-likeness (QED) is 0.839. The van der Waals surface area contributed by atoms with Crippen molar-refractivity contribution < 1.29 is 9.13 Å². The molecule has 3 rings (SSSR count). The molecule has 4 nitrogen and oxygen atoms in total. The second-order valence-electron chi connectivity index (χ2n) is 6.33. The van der Waals surface area contributed by atoms with Gasteiger partial charge in [0.15, 0.2) is 11.6 Å². The Bertz CT molecular complexity index is 764. The Morgan fingerprint density at radius 1 is 1.00 bits per heavy atom. The van der Waals surface area contributed by atoms with E-state index in [1.54, 1.807) is 12.1 Å². The largest absolute Gasteiger partial charge is 0.494 e. The molecule has 0 spiro atoms. The van der Waals surface area contributed by atoms with E-state index in [0.717, 1.165) is 44.8 Å². The Hall–Kier alpha value is -2.42. The molecule has 0 bridgehead atoms. The molecule has 25 heavy (non-hydrogen) atoms. The predicted octanol–water partition coefficient (Wildman–Crippen LogP) is 3.02. The van der Waals surface area contributed by atoms with Crippen LogP contribution < -0.4 is 4.74 Å². The summed E-state index contributed by atoms with van der Waals surface area (Å²) >= 11 is 0. The summed E-state index contributed by atoms with van der Waals surface area (Å²) in [5.74, 6) is -0.0239. The van der Waals surface area contributed by atoms with E-state index in [1.165, 1.54) is 12.7 Å². The van der Waals surface area contributed by atoms with E-state index in [1.807, 2.05) is 24.3 Å². The van der Waals surface area contributed by atoms with E-state index in [2.05, 4.69) is 21.9 Å². The van der Waals surface area contributed by atoms with E-state index in [9.17, 15) is 4.39 Å². The van der Waals surface area contributed by atoms with Crippen LogP contribution in [0.5, 0.6) is 5.75 Å². The standard InChI is InChI=1S/C20H22FN3O/c1-25-20-6-5-18(12-19(20)21)15-24-9-7-23(8-10-24)14-17-4-2-3-16(11-17)13-22/h2-6,11-12H,7-10,14-15H2,1H3. The number of halogens is 1. The average molecular weight is 339 g/mol. The number of hydrogen-bond acceptors (Lipinski definition) is 4. The van der Waals surface area contributed by atoms with Gasteiger partial charge in [-0.3, -0.25) is 9.80 Å². The van der Waals surface area contributed by atoms with Gasteiger partial charge in [-0.05, 0) is 35.4 Å². The number of methoxy groups -OCH3 is 1. The third kappa shape index (κ3) is 4.56. The zero-order valence-corrected chi connectivity index (χ0v) is 14.4. The van der Waals surface area contributed by atoms with Crippen molar-refractivity contribution in [3.8, 4) is 11.8 Å². The van der Waals surface area contributed by atoms with Crippen molar-refractivity contribution in [1.82, 2.24) is 9.80 Å². The second kappa shape index (κ2) is 8.11. The summed E-state index contributed by atoms with van der Waals surface area (Å²) in [6.45, 7) is 5.45. The monoisotopic (exact) mass is 339 g/mol. The number of ether oxygens (including phenoxy) is 1. The predicted molar refractivity (Wildman–Crippen MR) is 94.7 cm³/mol. The molecule has 0 radical (unpaired) electrons. The van der Waals surface area contributed by atoms with Crippen molar-refractivity contribution in [3.05, 3.63) is 65.0 Å². The minimum absolute atomic E-state index is 0.285. The fourth-order valence-corrected chi connectivity index (χ4v) is 3.17. The van der Waals surface area contributed by atoms with Crippen LogP contribution in [0.25, 0.3) is 0 Å². The fourth-order valence-electron chi connectivity index (χ4n) is 3.17. The maximum atomic E-state index is 13.8. The molecule has 0 aliphatic carbocycles. The molecule has 0 aromatic heterocycles. The maximum absolute atomic E-state index is 13.8. The van der Waals surface area contributed by atoms with Crippen molar-refractivity contribution >= 4 is 0 Å². The molecule has 0 saturated carbocycles. The van der Waals surface area contributed by atoms with Gasteiger partial charge in [0.25, 0.3) is 0 Å². The van der Waals surface area contributed by atoms with Gasteiger partial charge < -0.3 is 4.74 Å². The van der Waals surface area contributed by atoms with E-state index in [0.29, 0.717) is 5.56 Å². The number of nitrogens with zero attached hydrogens (tertiary/aromatic N) is 3. The highest BCUT2D eigenvalue weighted by Gasteiger charge is 2.17. The Morgan fingerprint density at radius 2 is 1.64 bits per heavy atom. The number of rotatable bonds is 5. The summed E-state index contributed by atoms with van der Waals surface area (Å²) in [6.07, 6.45) is 0. The lowest BCUT2D eigenvalue weighted by Gasteiger charge is -2.34. The fraction of sp³-hybridized carbons (Fsp3) is 0.350. The lowest BCUT2D eigenvalue weighted by atomic mass is 10.1. The summed E-state index contributed by atoms with van der Waals surface area (Å²) in [5.41, 5.74) is 2.84. The number of nitriles is 1. The van der Waals surface area contributed by atoms with Crippen LogP contribution in [0.4, 0.5) is 4.39 Å². The molecule has 130 valence electrons. The van der Waals surface area contributed by atoms with Crippen LogP contribution in [0.2, 0.25) is 0 Å². The third-order valence-corrected chi connectivity index (χ3v) is 4.55. The van der Waals surface area contributed by atoms with Gasteiger partial charge in [-0.25, -0.2) is 4.39 Å². The third-order valence-electron chi connectivity index (χ3n) is 4.55. The van der Waals surface area contributed by atoms with Crippen LogP contribution in [0, 0.1) is 17.1 Å². The first kappa shape index (κ1) is 17.4. The molecule has 1 aliphatic rings. The van der Waals surface area contributed by atoms with E-state index >= 15 is 0 Å². The first-order valence-corrected chi connectivity index (χ1v) is 8.44. The second-order valence-corrected chi connectivity index (χ2v) is 6.33. The number of piperazine rings is 1. The zero-order valence-electron chi connectivity index (χ0n) is 14.4. The van der Waals surface area contributed by atoms with E-state index < -0.39 is 0 Å². The Labute approximate surface area is 148 Å². The minimum atomic E-state index is -0.309. The SMILES string of the molecule is COc1ccc(CN2CCN(Cc3cccc(C#N)c3)CC2)cc1F. The molecule has 0 amide bonds. The molecular formula is C20H22FN3O. The summed E-state index contributed by atoms with van der Waals surface area (Å²) in [7, 11) is 1.48. The lowest BCUT2D eigenvalue weighted by Crippen LogP contribution is -2.45. The topological polar surface area (TPSA) is 39.5 Å². The van der Waals surface area contributed by atoms with Crippen LogP contribution in [0.3, 0.4) is 0 Å². The summed E-state index contributed by atoms with van der Waals surface area (Å²) in [4.78, 5) is 4.73. The minimum Gasteiger partial charge on any atom is -0.494 e. The van der Waals surface area contributed by atoms with Gasteiger partial charge in [-0.1, -0.05) is 18.2 Å². The number of benzene rings is 2. The van der Waals surface area contributed by atoms with Gasteiger partial charge in [0, 0.05) is 39.3 Å². The summed E-state index contributed by atoms with van der Waals surface area (Å²) in [6, 6.07) is 15.1. The average Bonchev–Trinajstić information content (AvgIpc) is 2.64. The molecule has 1 fully saturated rings. The van der Waals surface area contributed by atoms with Crippen molar-refractivity contribution in [3.63, 3.8) is 0 Å². The van der Waals surface area contributed by atoms with Gasteiger partial charge in [0.1, 0.15) is 0 Å². The maximum Gasteiger partial charge on any atom is 0.165 e. The van der Waals surface area contributed by atoms with Gasteiger partial charge in [0.05, 0.1) is 18.7 Å². The smallest absolute Gasteiger partial charge is 0.165 e. The van der Waals surface area contributed by atoms with Crippen molar-refractivity contribution in [1.29, 1.82) is 5.26 Å². The normalized spacial score (nSPS) is 15.7. The van der Waals surface area contributed by atoms with Crippen molar-refractivity contribution in [2.75, 3.05) is 33.3 Å². The molecule has 1 saturated heterocycles. The molecule has 2 aromatic carbocycles. The van der Waals surface area contributed by atoms with Gasteiger partial charge in [-0.2, -0.15) is 5.26 Å². The molecule has 0 atom stereocenters. The van der Waals surface area contributed by atoms with E-state index in [4.69, 9.17) is 10.00 Å². The first-order chi connectivity index (χ1) is 12.2.